The topological polar surface area (TPSA) is 46.3 Å². The molecule has 12 heavy (non-hydrogen) atoms. The fraction of sp³-hybridized carbons (Fsp3) is 0.222. The van der Waals surface area contributed by atoms with Crippen LogP contribution in [-0.4, -0.2) is 10.3 Å². The number of hydrogen-bond donors (Lipinski definition) is 1. The molecule has 0 aliphatic rings. The molecule has 1 N–H and O–H groups in total. The van der Waals surface area contributed by atoms with Gasteiger partial charge < -0.3 is 9.63 Å². The number of aliphatic hydroxyl groups is 1. The van der Waals surface area contributed by atoms with E-state index in [1.54, 1.807) is 0 Å². The van der Waals surface area contributed by atoms with Crippen molar-refractivity contribution >= 4 is 10.9 Å². The molecule has 62 valence electrons. The number of nitrogens with zero attached hydrogens (tertiary/aromatic N) is 1. The second-order valence-corrected chi connectivity index (χ2v) is 2.75. The molecule has 0 amide bonds. The summed E-state index contributed by atoms with van der Waals surface area (Å²) in [5.41, 5.74) is 1.72. The molecule has 1 aromatic heterocycles. The van der Waals surface area contributed by atoms with Crippen LogP contribution in [0.5, 0.6) is 0 Å². The van der Waals surface area contributed by atoms with E-state index in [9.17, 15) is 0 Å². The zero-order valence-corrected chi connectivity index (χ0v) is 6.74. The first-order valence-electron chi connectivity index (χ1n) is 3.77. The fourth-order valence-electron chi connectivity index (χ4n) is 1.21. The molecule has 0 saturated heterocycles. The summed E-state index contributed by atoms with van der Waals surface area (Å²) in [6.07, 6.45) is 0. The van der Waals surface area contributed by atoms with Gasteiger partial charge in [-0.3, -0.25) is 0 Å². The minimum Gasteiger partial charge on any atom is -0.392 e. The Morgan fingerprint density at radius 3 is 3.08 bits per heavy atom. The average Bonchev–Trinajstić information content (AvgIpc) is 2.47. The predicted octanol–water partition coefficient (Wildman–Crippen LogP) is 1.63. The van der Waals surface area contributed by atoms with Crippen LogP contribution in [0.1, 0.15) is 11.3 Å². The van der Waals surface area contributed by atoms with E-state index in [-0.39, 0.29) is 6.61 Å². The van der Waals surface area contributed by atoms with Crippen LogP contribution in [0.2, 0.25) is 0 Å². The van der Waals surface area contributed by atoms with Crippen molar-refractivity contribution in [1.29, 1.82) is 0 Å². The van der Waals surface area contributed by atoms with Crippen LogP contribution >= 0.6 is 0 Å². The normalized spacial score (nSPS) is 10.8. The molecule has 3 heteroatoms. The molecule has 2 aromatic rings. The zero-order chi connectivity index (χ0) is 8.55. The molecule has 0 spiro atoms. The molecule has 3 nitrogen and oxygen atoms in total. The number of hydrogen-bond acceptors (Lipinski definition) is 3. The van der Waals surface area contributed by atoms with E-state index >= 15 is 0 Å². The average molecular weight is 163 g/mol. The third-order valence-corrected chi connectivity index (χ3v) is 1.90. The van der Waals surface area contributed by atoms with Crippen molar-refractivity contribution in [3.05, 3.63) is 29.5 Å². The second-order valence-electron chi connectivity index (χ2n) is 2.75. The van der Waals surface area contributed by atoms with Crippen molar-refractivity contribution in [2.75, 3.05) is 0 Å². The van der Waals surface area contributed by atoms with Gasteiger partial charge in [-0.05, 0) is 24.6 Å². The third kappa shape index (κ3) is 0.987. The summed E-state index contributed by atoms with van der Waals surface area (Å²) in [5, 5.41) is 13.7. The highest BCUT2D eigenvalue weighted by molar-refractivity contribution is 5.80. The van der Waals surface area contributed by atoms with E-state index in [1.165, 1.54) is 0 Å². The summed E-state index contributed by atoms with van der Waals surface area (Å²) in [6.45, 7) is 1.91. The van der Waals surface area contributed by atoms with Gasteiger partial charge in [-0.15, -0.1) is 0 Å². The maximum absolute atomic E-state index is 8.87. The molecule has 1 heterocycles. The van der Waals surface area contributed by atoms with E-state index in [1.807, 2.05) is 25.1 Å². The highest BCUT2D eigenvalue weighted by Crippen LogP contribution is 2.18. The molecule has 0 atom stereocenters. The van der Waals surface area contributed by atoms with Crippen molar-refractivity contribution in [3.8, 4) is 0 Å². The van der Waals surface area contributed by atoms with E-state index in [4.69, 9.17) is 9.63 Å². The zero-order valence-electron chi connectivity index (χ0n) is 6.74. The van der Waals surface area contributed by atoms with Crippen molar-refractivity contribution in [1.82, 2.24) is 5.16 Å². The molecule has 0 aliphatic heterocycles. The Hall–Kier alpha value is -1.35. The monoisotopic (exact) mass is 163 g/mol. The minimum atomic E-state index is 0.0561. The quantitative estimate of drug-likeness (QED) is 0.695. The van der Waals surface area contributed by atoms with Crippen molar-refractivity contribution in [3.63, 3.8) is 0 Å². The summed E-state index contributed by atoms with van der Waals surface area (Å²) in [5.74, 6) is 0.792. The largest absolute Gasteiger partial charge is 0.392 e. The van der Waals surface area contributed by atoms with Gasteiger partial charge in [-0.2, -0.15) is 0 Å². The lowest BCUT2D eigenvalue weighted by molar-refractivity contribution is 0.282. The molecule has 2 rings (SSSR count). The Morgan fingerprint density at radius 1 is 1.50 bits per heavy atom. The number of aryl methyl sites for hydroxylation is 1. The van der Waals surface area contributed by atoms with Gasteiger partial charge in [0.05, 0.1) is 6.61 Å². The second kappa shape index (κ2) is 2.60. The van der Waals surface area contributed by atoms with Gasteiger partial charge in [0.2, 0.25) is 0 Å². The maximum Gasteiger partial charge on any atom is 0.141 e. The first-order valence-corrected chi connectivity index (χ1v) is 3.77. The Morgan fingerprint density at radius 2 is 2.33 bits per heavy atom. The van der Waals surface area contributed by atoms with E-state index < -0.39 is 0 Å². The smallest absolute Gasteiger partial charge is 0.141 e. The van der Waals surface area contributed by atoms with Crippen LogP contribution in [0, 0.1) is 6.92 Å². The lowest BCUT2D eigenvalue weighted by Gasteiger charge is -1.93. The number of rotatable bonds is 1. The molecule has 0 fully saturated rings. The van der Waals surface area contributed by atoms with Gasteiger partial charge in [0.15, 0.2) is 0 Å². The van der Waals surface area contributed by atoms with Gasteiger partial charge in [-0.25, -0.2) is 0 Å². The number of aliphatic hydroxyl groups excluding tert-OH is 1. The molecule has 0 unspecified atom stereocenters. The van der Waals surface area contributed by atoms with Crippen LogP contribution in [0.25, 0.3) is 10.9 Å². The fourth-order valence-corrected chi connectivity index (χ4v) is 1.21. The van der Waals surface area contributed by atoms with Crippen LogP contribution in [0.15, 0.2) is 22.7 Å². The van der Waals surface area contributed by atoms with Gasteiger partial charge in [0.25, 0.3) is 0 Å². The van der Waals surface area contributed by atoms with E-state index in [2.05, 4.69) is 5.16 Å². The molecule has 0 aliphatic carbocycles. The summed E-state index contributed by atoms with van der Waals surface area (Å²) < 4.78 is 4.98. The van der Waals surface area contributed by atoms with Crippen LogP contribution in [-0.2, 0) is 6.61 Å². The first kappa shape index (κ1) is 7.31. The summed E-state index contributed by atoms with van der Waals surface area (Å²) >= 11 is 0. The maximum atomic E-state index is 8.87. The first-order chi connectivity index (χ1) is 5.81. The lowest BCUT2D eigenvalue weighted by atomic mass is 10.1. The van der Waals surface area contributed by atoms with Gasteiger partial charge >= 0.3 is 0 Å². The molecular weight excluding hydrogens is 154 g/mol. The van der Waals surface area contributed by atoms with Gasteiger partial charge in [-0.1, -0.05) is 11.2 Å². The lowest BCUT2D eigenvalue weighted by Crippen LogP contribution is -1.81. The van der Waals surface area contributed by atoms with Crippen molar-refractivity contribution < 1.29 is 9.63 Å². The Bertz CT molecular complexity index is 406. The Labute approximate surface area is 69.6 Å². The molecule has 1 aromatic carbocycles. The molecule has 0 radical (unpaired) electrons. The number of fused-ring (bicyclic) bond motifs is 1. The molecular formula is C9H9NO2. The van der Waals surface area contributed by atoms with Crippen LogP contribution in [0.3, 0.4) is 0 Å². The van der Waals surface area contributed by atoms with E-state index in [0.29, 0.717) is 0 Å². The molecule has 0 saturated carbocycles. The standard InChI is InChI=1S/C9H9NO2/c1-6-8-4-7(5-11)2-3-9(8)10-12-6/h2-4,11H,5H2,1H3. The summed E-state index contributed by atoms with van der Waals surface area (Å²) in [4.78, 5) is 0. The highest BCUT2D eigenvalue weighted by Gasteiger charge is 2.03. The Kier molecular flexibility index (Phi) is 1.59. The minimum absolute atomic E-state index is 0.0561. The summed E-state index contributed by atoms with van der Waals surface area (Å²) in [7, 11) is 0. The van der Waals surface area contributed by atoms with Gasteiger partial charge in [0, 0.05) is 5.39 Å². The predicted molar refractivity (Wildman–Crippen MR) is 44.7 cm³/mol. The third-order valence-electron chi connectivity index (χ3n) is 1.90. The van der Waals surface area contributed by atoms with Crippen molar-refractivity contribution in [2.24, 2.45) is 0 Å². The Balaban J connectivity index is 2.71. The molecule has 0 bridgehead atoms. The number of benzene rings is 1. The number of aromatic nitrogens is 1. The van der Waals surface area contributed by atoms with Crippen LogP contribution in [0.4, 0.5) is 0 Å². The highest BCUT2D eigenvalue weighted by atomic mass is 16.5. The SMILES string of the molecule is Cc1onc2ccc(CO)cc12. The van der Waals surface area contributed by atoms with Gasteiger partial charge in [0.1, 0.15) is 11.3 Å². The van der Waals surface area contributed by atoms with Crippen LogP contribution < -0.4 is 0 Å². The summed E-state index contributed by atoms with van der Waals surface area (Å²) in [6, 6.07) is 5.57. The van der Waals surface area contributed by atoms with E-state index in [0.717, 1.165) is 22.2 Å². The van der Waals surface area contributed by atoms with Crippen molar-refractivity contribution in [2.45, 2.75) is 13.5 Å².